The van der Waals surface area contributed by atoms with Crippen LogP contribution in [0.5, 0.6) is 0 Å². The predicted octanol–water partition coefficient (Wildman–Crippen LogP) is 2.84. The van der Waals surface area contributed by atoms with Crippen LogP contribution in [0.2, 0.25) is 0 Å². The summed E-state index contributed by atoms with van der Waals surface area (Å²) in [6.07, 6.45) is -2.42. The van der Waals surface area contributed by atoms with Crippen LogP contribution >= 0.6 is 0 Å². The zero-order valence-corrected chi connectivity index (χ0v) is 13.7. The molecule has 0 radical (unpaired) electrons. The lowest BCUT2D eigenvalue weighted by atomic mass is 10.2. The van der Waals surface area contributed by atoms with Gasteiger partial charge >= 0.3 is 6.18 Å². The Hall–Kier alpha value is -2.36. The molecule has 0 amide bonds. The molecular weight excluding hydrogens is 357 g/mol. The number of anilines is 3. The molecule has 1 saturated heterocycles. The van der Waals surface area contributed by atoms with Gasteiger partial charge < -0.3 is 10.6 Å². The maximum Gasteiger partial charge on any atom is 0.416 e. The van der Waals surface area contributed by atoms with Crippen molar-refractivity contribution in [2.75, 3.05) is 22.1 Å². The van der Waals surface area contributed by atoms with E-state index in [1.165, 1.54) is 18.3 Å². The molecule has 2 aromatic rings. The molecule has 1 fully saturated rings. The Morgan fingerprint density at radius 1 is 1.12 bits per heavy atom. The molecule has 1 aliphatic rings. The van der Waals surface area contributed by atoms with Crippen molar-refractivity contribution in [1.82, 2.24) is 9.97 Å². The van der Waals surface area contributed by atoms with Gasteiger partial charge in [-0.1, -0.05) is 0 Å². The highest BCUT2D eigenvalue weighted by Crippen LogP contribution is 2.30. The summed E-state index contributed by atoms with van der Waals surface area (Å²) in [5.41, 5.74) is -0.286. The van der Waals surface area contributed by atoms with Crippen LogP contribution in [0.25, 0.3) is 0 Å². The van der Waals surface area contributed by atoms with E-state index in [1.54, 1.807) is 6.07 Å². The van der Waals surface area contributed by atoms with Crippen LogP contribution in [0, 0.1) is 0 Å². The predicted molar refractivity (Wildman–Crippen MR) is 87.4 cm³/mol. The van der Waals surface area contributed by atoms with Crippen molar-refractivity contribution in [3.63, 3.8) is 0 Å². The summed E-state index contributed by atoms with van der Waals surface area (Å²) < 4.78 is 60.6. The third-order valence-electron chi connectivity index (χ3n) is 3.71. The Balaban J connectivity index is 1.67. The zero-order valence-electron chi connectivity index (χ0n) is 12.9. The number of hydrogen-bond donors (Lipinski definition) is 2. The summed E-state index contributed by atoms with van der Waals surface area (Å²) in [4.78, 5) is 8.23. The lowest BCUT2D eigenvalue weighted by Gasteiger charge is -2.12. The number of hydrogen-bond acceptors (Lipinski definition) is 6. The van der Waals surface area contributed by atoms with Crippen molar-refractivity contribution >= 4 is 27.3 Å². The highest BCUT2D eigenvalue weighted by Gasteiger charge is 2.30. The third-order valence-corrected chi connectivity index (χ3v) is 5.47. The van der Waals surface area contributed by atoms with Gasteiger partial charge in [0.1, 0.15) is 5.82 Å². The van der Waals surface area contributed by atoms with Crippen LogP contribution < -0.4 is 10.6 Å². The van der Waals surface area contributed by atoms with Crippen LogP contribution in [0.4, 0.5) is 30.6 Å². The second kappa shape index (κ2) is 6.51. The molecule has 1 unspecified atom stereocenters. The molecule has 6 nitrogen and oxygen atoms in total. The van der Waals surface area contributed by atoms with E-state index >= 15 is 0 Å². The summed E-state index contributed by atoms with van der Waals surface area (Å²) in [5, 5.41) is 5.85. The first-order valence-corrected chi connectivity index (χ1v) is 9.28. The largest absolute Gasteiger partial charge is 0.416 e. The molecular formula is C15H15F3N4O2S. The minimum Gasteiger partial charge on any atom is -0.350 e. The maximum absolute atomic E-state index is 12.6. The van der Waals surface area contributed by atoms with Crippen molar-refractivity contribution < 1.29 is 21.6 Å². The van der Waals surface area contributed by atoms with Crippen molar-refractivity contribution in [1.29, 1.82) is 0 Å². The van der Waals surface area contributed by atoms with E-state index < -0.39 is 21.6 Å². The van der Waals surface area contributed by atoms with Gasteiger partial charge in [0.2, 0.25) is 5.95 Å². The van der Waals surface area contributed by atoms with Gasteiger partial charge in [0, 0.05) is 17.9 Å². The first-order chi connectivity index (χ1) is 11.7. The Labute approximate surface area is 142 Å². The minimum absolute atomic E-state index is 0.0346. The van der Waals surface area contributed by atoms with E-state index in [2.05, 4.69) is 20.6 Å². The van der Waals surface area contributed by atoms with Crippen LogP contribution in [0.1, 0.15) is 12.0 Å². The fourth-order valence-corrected chi connectivity index (χ4v) is 4.15. The monoisotopic (exact) mass is 372 g/mol. The fraction of sp³-hybridized carbons (Fsp3) is 0.333. The van der Waals surface area contributed by atoms with Crippen molar-refractivity contribution in [2.45, 2.75) is 18.6 Å². The third kappa shape index (κ3) is 4.59. The molecule has 1 atom stereocenters. The Kier molecular flexibility index (Phi) is 4.55. The van der Waals surface area contributed by atoms with Gasteiger partial charge in [0.05, 0.1) is 17.1 Å². The standard InChI is InChI=1S/C15H15F3N4O2S/c16-15(17,18)10-1-3-11(4-2-10)20-13-5-7-19-14(22-13)21-12-6-8-25(23,24)9-12/h1-5,7,12H,6,8-9H2,(H2,19,20,21,22). The number of rotatable bonds is 4. The molecule has 0 bridgehead atoms. The van der Waals surface area contributed by atoms with Crippen molar-refractivity contribution in [3.05, 3.63) is 42.1 Å². The van der Waals surface area contributed by atoms with Crippen LogP contribution in [0.15, 0.2) is 36.5 Å². The van der Waals surface area contributed by atoms with Gasteiger partial charge in [0.25, 0.3) is 0 Å². The van der Waals surface area contributed by atoms with Crippen LogP contribution in [0.3, 0.4) is 0 Å². The van der Waals surface area contributed by atoms with E-state index in [9.17, 15) is 21.6 Å². The molecule has 3 rings (SSSR count). The molecule has 10 heteroatoms. The average Bonchev–Trinajstić information content (AvgIpc) is 2.86. The number of benzene rings is 1. The van der Waals surface area contributed by atoms with E-state index in [0.29, 0.717) is 17.9 Å². The molecule has 0 aliphatic carbocycles. The summed E-state index contributed by atoms with van der Waals surface area (Å²) >= 11 is 0. The maximum atomic E-state index is 12.6. The molecule has 1 aromatic carbocycles. The second-order valence-electron chi connectivity index (χ2n) is 5.71. The number of nitrogens with one attached hydrogen (secondary N) is 2. The average molecular weight is 372 g/mol. The van der Waals surface area contributed by atoms with Gasteiger partial charge in [0.15, 0.2) is 9.84 Å². The number of aromatic nitrogens is 2. The van der Waals surface area contributed by atoms with E-state index in [-0.39, 0.29) is 23.5 Å². The normalized spacial score (nSPS) is 19.6. The fourth-order valence-electron chi connectivity index (χ4n) is 2.48. The molecule has 1 aromatic heterocycles. The summed E-state index contributed by atoms with van der Waals surface area (Å²) in [7, 11) is -3.02. The molecule has 2 heterocycles. The molecule has 0 saturated carbocycles. The van der Waals surface area contributed by atoms with Crippen molar-refractivity contribution in [2.24, 2.45) is 0 Å². The minimum atomic E-state index is -4.38. The van der Waals surface area contributed by atoms with Gasteiger partial charge in [-0.25, -0.2) is 13.4 Å². The number of halogens is 3. The Morgan fingerprint density at radius 3 is 2.44 bits per heavy atom. The van der Waals surface area contributed by atoms with E-state index in [1.807, 2.05) is 0 Å². The van der Waals surface area contributed by atoms with Crippen LogP contribution in [-0.2, 0) is 16.0 Å². The Morgan fingerprint density at radius 2 is 1.84 bits per heavy atom. The van der Waals surface area contributed by atoms with Gasteiger partial charge in [-0.05, 0) is 36.8 Å². The Bertz CT molecular complexity index is 854. The first kappa shape index (κ1) is 17.5. The lowest BCUT2D eigenvalue weighted by Crippen LogP contribution is -2.22. The van der Waals surface area contributed by atoms with Gasteiger partial charge in [-0.2, -0.15) is 18.2 Å². The van der Waals surface area contributed by atoms with E-state index in [4.69, 9.17) is 0 Å². The first-order valence-electron chi connectivity index (χ1n) is 7.46. The van der Waals surface area contributed by atoms with Crippen LogP contribution in [-0.4, -0.2) is 35.9 Å². The molecule has 1 aliphatic heterocycles. The molecule has 0 spiro atoms. The second-order valence-corrected chi connectivity index (χ2v) is 7.94. The smallest absolute Gasteiger partial charge is 0.350 e. The zero-order chi connectivity index (χ0) is 18.1. The highest BCUT2D eigenvalue weighted by molar-refractivity contribution is 7.91. The number of alkyl halides is 3. The van der Waals surface area contributed by atoms with E-state index in [0.717, 1.165) is 12.1 Å². The summed E-state index contributed by atoms with van der Waals surface area (Å²) in [5.74, 6) is 0.818. The van der Waals surface area contributed by atoms with Gasteiger partial charge in [-0.15, -0.1) is 0 Å². The molecule has 2 N–H and O–H groups in total. The summed E-state index contributed by atoms with van der Waals surface area (Å²) in [6.45, 7) is 0. The molecule has 134 valence electrons. The summed E-state index contributed by atoms with van der Waals surface area (Å²) in [6, 6.07) is 5.89. The highest BCUT2D eigenvalue weighted by atomic mass is 32.2. The number of nitrogens with zero attached hydrogens (tertiary/aromatic N) is 2. The molecule has 25 heavy (non-hydrogen) atoms. The quantitative estimate of drug-likeness (QED) is 0.859. The lowest BCUT2D eigenvalue weighted by molar-refractivity contribution is -0.137. The number of sulfone groups is 1. The topological polar surface area (TPSA) is 84.0 Å². The van der Waals surface area contributed by atoms with Crippen molar-refractivity contribution in [3.8, 4) is 0 Å². The SMILES string of the molecule is O=S1(=O)CCC(Nc2nccc(Nc3ccc(C(F)(F)F)cc3)n2)C1. The van der Waals surface area contributed by atoms with Gasteiger partial charge in [-0.3, -0.25) is 0 Å².